The number of hydrogen-bond acceptors (Lipinski definition) is 3. The summed E-state index contributed by atoms with van der Waals surface area (Å²) in [6.45, 7) is 14.6. The zero-order valence-electron chi connectivity index (χ0n) is 15.0. The Morgan fingerprint density at radius 1 is 1.05 bits per heavy atom. The molecule has 3 nitrogen and oxygen atoms in total. The summed E-state index contributed by atoms with van der Waals surface area (Å²) in [5, 5.41) is 0. The Bertz CT molecular complexity index is 475. The van der Waals surface area contributed by atoms with Gasteiger partial charge in [0.2, 0.25) is 0 Å². The summed E-state index contributed by atoms with van der Waals surface area (Å²) in [5.74, 6) is 0.771. The zero-order chi connectivity index (χ0) is 17.0. The Morgan fingerprint density at radius 3 is 2.05 bits per heavy atom. The quantitative estimate of drug-likeness (QED) is 0.735. The van der Waals surface area contributed by atoms with Gasteiger partial charge in [-0.2, -0.15) is 0 Å². The molecule has 0 aromatic heterocycles. The van der Waals surface area contributed by atoms with Crippen molar-refractivity contribution < 1.29 is 14.3 Å². The van der Waals surface area contributed by atoms with Crippen LogP contribution in [0.3, 0.4) is 0 Å². The molecule has 1 aromatic rings. The molecule has 1 aromatic carbocycles. The van der Waals surface area contributed by atoms with E-state index in [0.29, 0.717) is 13.0 Å². The van der Waals surface area contributed by atoms with Gasteiger partial charge >= 0.3 is 5.97 Å². The van der Waals surface area contributed by atoms with Crippen molar-refractivity contribution in [3.63, 3.8) is 0 Å². The van der Waals surface area contributed by atoms with E-state index >= 15 is 0 Å². The van der Waals surface area contributed by atoms with E-state index in [-0.39, 0.29) is 17.3 Å². The molecule has 0 saturated heterocycles. The average molecular weight is 306 g/mol. The minimum atomic E-state index is -0.447. The van der Waals surface area contributed by atoms with E-state index in [4.69, 9.17) is 9.47 Å². The molecule has 0 radical (unpaired) electrons. The largest absolute Gasteiger partial charge is 0.493 e. The zero-order valence-corrected chi connectivity index (χ0v) is 15.0. The molecule has 0 bridgehead atoms. The molecule has 0 aliphatic rings. The first kappa shape index (κ1) is 18.5. The maximum absolute atomic E-state index is 12.1. The maximum atomic E-state index is 12.1. The molecule has 0 aliphatic heterocycles. The minimum Gasteiger partial charge on any atom is -0.493 e. The summed E-state index contributed by atoms with van der Waals surface area (Å²) in [6, 6.07) is 7.97. The van der Waals surface area contributed by atoms with Crippen molar-refractivity contribution in [2.75, 3.05) is 6.61 Å². The van der Waals surface area contributed by atoms with Crippen LogP contribution in [0.15, 0.2) is 24.3 Å². The van der Waals surface area contributed by atoms with E-state index in [9.17, 15) is 4.79 Å². The number of aryl methyl sites for hydroxylation is 1. The van der Waals surface area contributed by atoms with Gasteiger partial charge in [0.25, 0.3) is 0 Å². The molecule has 3 heteroatoms. The van der Waals surface area contributed by atoms with Crippen LogP contribution in [-0.2, 0) is 9.53 Å². The van der Waals surface area contributed by atoms with Gasteiger partial charge in [-0.25, -0.2) is 0 Å². The molecule has 1 rings (SSSR count). The van der Waals surface area contributed by atoms with Crippen LogP contribution in [0.5, 0.6) is 5.75 Å². The molecular weight excluding hydrogens is 276 g/mol. The first-order valence-electron chi connectivity index (χ1n) is 7.89. The lowest BCUT2D eigenvalue weighted by Gasteiger charge is -2.31. The lowest BCUT2D eigenvalue weighted by Crippen LogP contribution is -2.32. The first-order chi connectivity index (χ1) is 9.97. The van der Waals surface area contributed by atoms with Crippen molar-refractivity contribution in [2.45, 2.75) is 60.5 Å². The summed E-state index contributed by atoms with van der Waals surface area (Å²) in [4.78, 5) is 12.1. The lowest BCUT2D eigenvalue weighted by molar-refractivity contribution is -0.157. The summed E-state index contributed by atoms with van der Waals surface area (Å²) in [7, 11) is 0. The van der Waals surface area contributed by atoms with Crippen LogP contribution in [-0.4, -0.2) is 18.2 Å². The molecule has 0 fully saturated rings. The van der Waals surface area contributed by atoms with Crippen LogP contribution in [0.1, 0.15) is 53.5 Å². The van der Waals surface area contributed by atoms with Crippen molar-refractivity contribution in [1.29, 1.82) is 0 Å². The molecule has 22 heavy (non-hydrogen) atoms. The molecule has 124 valence electrons. The van der Waals surface area contributed by atoms with Gasteiger partial charge in [-0.3, -0.25) is 4.79 Å². The third-order valence-corrected chi connectivity index (χ3v) is 3.53. The van der Waals surface area contributed by atoms with Crippen LogP contribution in [0.25, 0.3) is 0 Å². The number of esters is 1. The first-order valence-corrected chi connectivity index (χ1v) is 7.89. The van der Waals surface area contributed by atoms with Crippen molar-refractivity contribution in [1.82, 2.24) is 0 Å². The predicted octanol–water partition coefficient (Wildman–Crippen LogP) is 4.77. The Balaban J connectivity index is 2.65. The van der Waals surface area contributed by atoms with Gasteiger partial charge in [-0.15, -0.1) is 0 Å². The van der Waals surface area contributed by atoms with Crippen LogP contribution in [0.4, 0.5) is 0 Å². The Morgan fingerprint density at radius 2 is 1.59 bits per heavy atom. The van der Waals surface area contributed by atoms with E-state index in [2.05, 4.69) is 20.8 Å². The van der Waals surface area contributed by atoms with E-state index in [1.165, 1.54) is 5.56 Å². The van der Waals surface area contributed by atoms with Crippen LogP contribution in [0, 0.1) is 18.3 Å². The van der Waals surface area contributed by atoms with Gasteiger partial charge in [0.15, 0.2) is 0 Å². The SMILES string of the molecule is Cc1ccc(OCC(CC(=O)OC(C)(C)C)C(C)(C)C)cc1. The van der Waals surface area contributed by atoms with Crippen molar-refractivity contribution in [3.05, 3.63) is 29.8 Å². The Kier molecular flexibility index (Phi) is 6.04. The summed E-state index contributed by atoms with van der Waals surface area (Å²) < 4.78 is 11.3. The average Bonchev–Trinajstić information content (AvgIpc) is 2.32. The molecule has 0 aliphatic carbocycles. The lowest BCUT2D eigenvalue weighted by atomic mass is 9.79. The Hall–Kier alpha value is -1.51. The number of ether oxygens (including phenoxy) is 2. The third kappa shape index (κ3) is 6.97. The molecule has 0 heterocycles. The van der Waals surface area contributed by atoms with Gasteiger partial charge in [0.1, 0.15) is 11.4 Å². The maximum Gasteiger partial charge on any atom is 0.306 e. The topological polar surface area (TPSA) is 35.5 Å². The van der Waals surface area contributed by atoms with Gasteiger partial charge in [-0.05, 0) is 45.2 Å². The fourth-order valence-corrected chi connectivity index (χ4v) is 2.03. The summed E-state index contributed by atoms with van der Waals surface area (Å²) >= 11 is 0. The van der Waals surface area contributed by atoms with Crippen LogP contribution in [0.2, 0.25) is 0 Å². The third-order valence-electron chi connectivity index (χ3n) is 3.53. The van der Waals surface area contributed by atoms with E-state index < -0.39 is 5.60 Å². The van der Waals surface area contributed by atoms with Gasteiger partial charge in [0.05, 0.1) is 13.0 Å². The normalized spacial score (nSPS) is 13.6. The number of carbonyl (C=O) groups excluding carboxylic acids is 1. The second-order valence-electron chi connectivity index (χ2n) is 7.98. The number of hydrogen-bond donors (Lipinski definition) is 0. The number of rotatable bonds is 5. The van der Waals surface area contributed by atoms with Crippen molar-refractivity contribution in [3.8, 4) is 5.75 Å². The van der Waals surface area contributed by atoms with Crippen molar-refractivity contribution >= 4 is 5.97 Å². The fourth-order valence-electron chi connectivity index (χ4n) is 2.03. The van der Waals surface area contributed by atoms with E-state index in [1.807, 2.05) is 52.0 Å². The second kappa shape index (κ2) is 7.17. The Labute approximate surface area is 135 Å². The molecular formula is C19H30O3. The second-order valence-corrected chi connectivity index (χ2v) is 7.98. The van der Waals surface area contributed by atoms with E-state index in [0.717, 1.165) is 5.75 Å². The molecule has 0 N–H and O–H groups in total. The van der Waals surface area contributed by atoms with E-state index in [1.54, 1.807) is 0 Å². The number of benzene rings is 1. The highest BCUT2D eigenvalue weighted by Gasteiger charge is 2.29. The predicted molar refractivity (Wildman–Crippen MR) is 90.1 cm³/mol. The molecule has 1 atom stereocenters. The number of carbonyl (C=O) groups is 1. The van der Waals surface area contributed by atoms with Gasteiger partial charge < -0.3 is 9.47 Å². The minimum absolute atomic E-state index is 0.0262. The van der Waals surface area contributed by atoms with Gasteiger partial charge in [0, 0.05) is 5.92 Å². The standard InChI is InChI=1S/C19H30O3/c1-14-8-10-16(11-9-14)21-13-15(18(2,3)4)12-17(20)22-19(5,6)7/h8-11,15H,12-13H2,1-7H3. The molecule has 1 unspecified atom stereocenters. The highest BCUT2D eigenvalue weighted by molar-refractivity contribution is 5.70. The van der Waals surface area contributed by atoms with Crippen LogP contribution >= 0.6 is 0 Å². The van der Waals surface area contributed by atoms with Gasteiger partial charge in [-0.1, -0.05) is 38.5 Å². The molecule has 0 spiro atoms. The summed E-state index contributed by atoms with van der Waals surface area (Å²) in [6.07, 6.45) is 0.368. The highest BCUT2D eigenvalue weighted by atomic mass is 16.6. The molecule has 0 saturated carbocycles. The smallest absolute Gasteiger partial charge is 0.306 e. The summed E-state index contributed by atoms with van der Waals surface area (Å²) in [5.41, 5.74) is 0.729. The van der Waals surface area contributed by atoms with Crippen LogP contribution < -0.4 is 4.74 Å². The molecule has 0 amide bonds. The highest BCUT2D eigenvalue weighted by Crippen LogP contribution is 2.30. The monoisotopic (exact) mass is 306 g/mol. The fraction of sp³-hybridized carbons (Fsp3) is 0.632. The van der Waals surface area contributed by atoms with Crippen molar-refractivity contribution in [2.24, 2.45) is 11.3 Å².